The fourth-order valence-corrected chi connectivity index (χ4v) is 3.17. The number of hydrogen-bond donors (Lipinski definition) is 1. The predicted molar refractivity (Wildman–Crippen MR) is 101 cm³/mol. The second-order valence-corrected chi connectivity index (χ2v) is 7.74. The van der Waals surface area contributed by atoms with Gasteiger partial charge in [-0.25, -0.2) is 0 Å². The number of nitrogens with zero attached hydrogens (tertiary/aromatic N) is 3. The Labute approximate surface area is 148 Å². The van der Waals surface area contributed by atoms with E-state index in [-0.39, 0.29) is 5.41 Å². The van der Waals surface area contributed by atoms with Crippen LogP contribution >= 0.6 is 0 Å². The van der Waals surface area contributed by atoms with Crippen LogP contribution < -0.4 is 5.32 Å². The molecule has 6 nitrogen and oxygen atoms in total. The average molecular weight is 343 g/mol. The highest BCUT2D eigenvalue weighted by Crippen LogP contribution is 2.19. The maximum atomic E-state index is 5.69. The largest absolute Gasteiger partial charge is 0.382 e. The Morgan fingerprint density at radius 3 is 2.71 bits per heavy atom. The van der Waals surface area contributed by atoms with Crippen molar-refractivity contribution >= 4 is 5.96 Å². The number of nitrogens with one attached hydrogen (secondary N) is 1. The molecule has 24 heavy (non-hydrogen) atoms. The first-order valence-corrected chi connectivity index (χ1v) is 9.12. The maximum Gasteiger partial charge on any atom is 0.193 e. The molecule has 6 heteroatoms. The van der Waals surface area contributed by atoms with Gasteiger partial charge < -0.3 is 24.6 Å². The lowest BCUT2D eigenvalue weighted by molar-refractivity contribution is 0.0536. The lowest BCUT2D eigenvalue weighted by Gasteiger charge is -2.28. The molecule has 1 aliphatic rings. The van der Waals surface area contributed by atoms with Crippen LogP contribution in [0.3, 0.4) is 0 Å². The molecule has 0 radical (unpaired) electrons. The van der Waals surface area contributed by atoms with Crippen LogP contribution in [0.1, 0.15) is 27.2 Å². The van der Waals surface area contributed by atoms with E-state index in [9.17, 15) is 0 Å². The van der Waals surface area contributed by atoms with E-state index in [1.165, 1.54) is 6.42 Å². The van der Waals surface area contributed by atoms with E-state index in [1.54, 1.807) is 7.11 Å². The normalized spacial score (nSPS) is 19.4. The first-order valence-electron chi connectivity index (χ1n) is 9.12. The van der Waals surface area contributed by atoms with Crippen LogP contribution in [-0.4, -0.2) is 89.5 Å². The number of ether oxygens (including phenoxy) is 2. The van der Waals surface area contributed by atoms with Crippen LogP contribution in [0, 0.1) is 11.3 Å². The Morgan fingerprint density at radius 2 is 2.08 bits per heavy atom. The summed E-state index contributed by atoms with van der Waals surface area (Å²) in [5, 5.41) is 3.45. The third kappa shape index (κ3) is 8.31. The van der Waals surface area contributed by atoms with E-state index in [0.717, 1.165) is 45.3 Å². The number of likely N-dealkylation sites (tertiary alicyclic amines) is 1. The van der Waals surface area contributed by atoms with E-state index in [0.29, 0.717) is 19.1 Å². The second-order valence-electron chi connectivity index (χ2n) is 7.74. The highest BCUT2D eigenvalue weighted by atomic mass is 16.5. The van der Waals surface area contributed by atoms with Crippen LogP contribution in [0.25, 0.3) is 0 Å². The lowest BCUT2D eigenvalue weighted by atomic mass is 9.93. The second kappa shape index (κ2) is 10.9. The van der Waals surface area contributed by atoms with Gasteiger partial charge in [0.1, 0.15) is 0 Å². The molecule has 0 aromatic heterocycles. The van der Waals surface area contributed by atoms with E-state index in [4.69, 9.17) is 14.5 Å². The summed E-state index contributed by atoms with van der Waals surface area (Å²) in [5.41, 5.74) is 0.173. The summed E-state index contributed by atoms with van der Waals surface area (Å²) in [6.45, 7) is 13.7. The van der Waals surface area contributed by atoms with Gasteiger partial charge in [-0.3, -0.25) is 4.99 Å². The van der Waals surface area contributed by atoms with Crippen LogP contribution in [0.5, 0.6) is 0 Å². The Balaban J connectivity index is 2.51. The molecule has 0 saturated carbocycles. The number of guanidine groups is 1. The quantitative estimate of drug-likeness (QED) is 0.371. The standard InChI is InChI=1S/C18H38N4O2/c1-7-19-17(20-14-18(2,3)15-21(4)5)22-9-8-16(12-22)13-24-11-10-23-6/h16H,7-15H2,1-6H3,(H,19,20). The van der Waals surface area contributed by atoms with Crippen molar-refractivity contribution in [1.29, 1.82) is 0 Å². The molecule has 0 amide bonds. The Kier molecular flexibility index (Phi) is 9.63. The van der Waals surface area contributed by atoms with Gasteiger partial charge in [0.05, 0.1) is 19.8 Å². The predicted octanol–water partition coefficient (Wildman–Crippen LogP) is 1.52. The van der Waals surface area contributed by atoms with Gasteiger partial charge in [0.15, 0.2) is 5.96 Å². The fourth-order valence-electron chi connectivity index (χ4n) is 3.17. The first kappa shape index (κ1) is 21.2. The molecule has 142 valence electrons. The Hall–Kier alpha value is -0.850. The van der Waals surface area contributed by atoms with Crippen LogP contribution in [0.4, 0.5) is 0 Å². The van der Waals surface area contributed by atoms with Gasteiger partial charge >= 0.3 is 0 Å². The van der Waals surface area contributed by atoms with Crippen molar-refractivity contribution < 1.29 is 9.47 Å². The number of aliphatic imine (C=N–C) groups is 1. The maximum absolute atomic E-state index is 5.69. The highest BCUT2D eigenvalue weighted by Gasteiger charge is 2.26. The fraction of sp³-hybridized carbons (Fsp3) is 0.944. The summed E-state index contributed by atoms with van der Waals surface area (Å²) in [5.74, 6) is 1.63. The van der Waals surface area contributed by atoms with Crippen molar-refractivity contribution in [2.24, 2.45) is 16.3 Å². The Morgan fingerprint density at radius 1 is 1.33 bits per heavy atom. The molecule has 0 aromatic rings. The minimum absolute atomic E-state index is 0.173. The van der Waals surface area contributed by atoms with Gasteiger partial charge in [-0.1, -0.05) is 13.8 Å². The van der Waals surface area contributed by atoms with Crippen LogP contribution in [0.15, 0.2) is 4.99 Å². The molecule has 1 saturated heterocycles. The summed E-state index contributed by atoms with van der Waals surface area (Å²) in [7, 11) is 5.94. The average Bonchev–Trinajstić information content (AvgIpc) is 2.95. The van der Waals surface area contributed by atoms with Crippen LogP contribution in [0.2, 0.25) is 0 Å². The molecular formula is C18H38N4O2. The molecule has 1 rings (SSSR count). The molecule has 1 unspecified atom stereocenters. The van der Waals surface area contributed by atoms with Crippen molar-refractivity contribution in [3.05, 3.63) is 0 Å². The molecule has 1 aliphatic heterocycles. The van der Waals surface area contributed by atoms with Gasteiger partial charge in [0, 0.05) is 45.8 Å². The highest BCUT2D eigenvalue weighted by molar-refractivity contribution is 5.80. The third-order valence-electron chi connectivity index (χ3n) is 4.11. The van der Waals surface area contributed by atoms with Gasteiger partial charge in [0.2, 0.25) is 0 Å². The molecule has 1 fully saturated rings. The molecule has 0 spiro atoms. The third-order valence-corrected chi connectivity index (χ3v) is 4.11. The topological polar surface area (TPSA) is 49.3 Å². The molecule has 1 atom stereocenters. The number of hydrogen-bond acceptors (Lipinski definition) is 4. The molecule has 0 aromatic carbocycles. The van der Waals surface area contributed by atoms with Crippen LogP contribution in [-0.2, 0) is 9.47 Å². The molecule has 1 N–H and O–H groups in total. The Bertz CT molecular complexity index is 372. The number of rotatable bonds is 10. The summed E-state index contributed by atoms with van der Waals surface area (Å²) in [6.07, 6.45) is 1.17. The van der Waals surface area contributed by atoms with Crippen molar-refractivity contribution in [2.75, 3.05) is 73.7 Å². The van der Waals surface area contributed by atoms with E-state index < -0.39 is 0 Å². The monoisotopic (exact) mass is 342 g/mol. The molecular weight excluding hydrogens is 304 g/mol. The van der Waals surface area contributed by atoms with E-state index in [2.05, 4.69) is 50.0 Å². The van der Waals surface area contributed by atoms with Crippen molar-refractivity contribution in [1.82, 2.24) is 15.1 Å². The van der Waals surface area contributed by atoms with E-state index in [1.807, 2.05) is 0 Å². The lowest BCUT2D eigenvalue weighted by Crippen LogP contribution is -2.41. The van der Waals surface area contributed by atoms with Gasteiger partial charge in [-0.2, -0.15) is 0 Å². The molecule has 0 bridgehead atoms. The smallest absolute Gasteiger partial charge is 0.193 e. The SMILES string of the molecule is CCNC(=NCC(C)(C)CN(C)C)N1CCC(COCCOC)C1. The summed E-state index contributed by atoms with van der Waals surface area (Å²) in [6, 6.07) is 0. The van der Waals surface area contributed by atoms with Crippen molar-refractivity contribution in [2.45, 2.75) is 27.2 Å². The zero-order valence-electron chi connectivity index (χ0n) is 16.6. The zero-order chi connectivity index (χ0) is 18.0. The van der Waals surface area contributed by atoms with Crippen molar-refractivity contribution in [3.8, 4) is 0 Å². The number of methoxy groups -OCH3 is 1. The van der Waals surface area contributed by atoms with Gasteiger partial charge in [0.25, 0.3) is 0 Å². The zero-order valence-corrected chi connectivity index (χ0v) is 16.6. The van der Waals surface area contributed by atoms with E-state index >= 15 is 0 Å². The minimum Gasteiger partial charge on any atom is -0.382 e. The minimum atomic E-state index is 0.173. The van der Waals surface area contributed by atoms with Gasteiger partial charge in [-0.15, -0.1) is 0 Å². The summed E-state index contributed by atoms with van der Waals surface area (Å²) in [4.78, 5) is 9.51. The molecule has 0 aliphatic carbocycles. The first-order chi connectivity index (χ1) is 11.4. The van der Waals surface area contributed by atoms with Crippen molar-refractivity contribution in [3.63, 3.8) is 0 Å². The summed E-state index contributed by atoms with van der Waals surface area (Å²) < 4.78 is 10.7. The van der Waals surface area contributed by atoms with Gasteiger partial charge in [-0.05, 0) is 32.9 Å². The molecule has 1 heterocycles. The summed E-state index contributed by atoms with van der Waals surface area (Å²) >= 11 is 0.